The Bertz CT molecular complexity index is 330. The highest BCUT2D eigenvalue weighted by atomic mass is 16.5. The van der Waals surface area contributed by atoms with Crippen LogP contribution in [0.15, 0.2) is 0 Å². The summed E-state index contributed by atoms with van der Waals surface area (Å²) in [5, 5.41) is 17.9. The van der Waals surface area contributed by atoms with Crippen LogP contribution in [0.2, 0.25) is 0 Å². The minimum absolute atomic E-state index is 0.140. The quantitative estimate of drug-likeness (QED) is 0.632. The van der Waals surface area contributed by atoms with E-state index >= 15 is 0 Å². The fourth-order valence-electron chi connectivity index (χ4n) is 1.75. The average molecular weight is 275 g/mol. The molecule has 2 atom stereocenters. The predicted molar refractivity (Wildman–Crippen MR) is 66.7 cm³/mol. The number of hydrogen-bond acceptors (Lipinski definition) is 4. The summed E-state index contributed by atoms with van der Waals surface area (Å²) in [4.78, 5) is 34.9. The molecule has 0 bridgehead atoms. The SMILES string of the molecule is CCC(C)C(C(=O)O)N(CCC(=O)O)C(=O)COC. The number of carbonyl (C=O) groups is 3. The number of methoxy groups -OCH3 is 1. The molecule has 0 heterocycles. The first kappa shape index (κ1) is 17.4. The van der Waals surface area contributed by atoms with Gasteiger partial charge in [0.2, 0.25) is 5.91 Å². The fraction of sp³-hybridized carbons (Fsp3) is 0.750. The zero-order valence-corrected chi connectivity index (χ0v) is 11.5. The number of carbonyl (C=O) groups excluding carboxylic acids is 1. The van der Waals surface area contributed by atoms with Crippen molar-refractivity contribution < 1.29 is 29.3 Å². The first-order chi connectivity index (χ1) is 8.84. The number of rotatable bonds is 9. The minimum atomic E-state index is -1.14. The van der Waals surface area contributed by atoms with E-state index in [9.17, 15) is 19.5 Å². The van der Waals surface area contributed by atoms with E-state index in [0.717, 1.165) is 4.90 Å². The molecule has 19 heavy (non-hydrogen) atoms. The Kier molecular flexibility index (Phi) is 7.74. The van der Waals surface area contributed by atoms with Crippen molar-refractivity contribution in [2.45, 2.75) is 32.7 Å². The summed E-state index contributed by atoms with van der Waals surface area (Å²) in [6.07, 6.45) is 0.274. The summed E-state index contributed by atoms with van der Waals surface area (Å²) in [6.45, 7) is 3.13. The summed E-state index contributed by atoms with van der Waals surface area (Å²) in [5.74, 6) is -3.00. The zero-order valence-electron chi connectivity index (χ0n) is 11.5. The molecule has 0 fully saturated rings. The van der Waals surface area contributed by atoms with Gasteiger partial charge in [-0.1, -0.05) is 20.3 Å². The van der Waals surface area contributed by atoms with Crippen LogP contribution in [0, 0.1) is 5.92 Å². The molecule has 2 unspecified atom stereocenters. The lowest BCUT2D eigenvalue weighted by Crippen LogP contribution is -2.50. The van der Waals surface area contributed by atoms with Gasteiger partial charge in [-0.15, -0.1) is 0 Å². The first-order valence-electron chi connectivity index (χ1n) is 6.08. The molecule has 0 aliphatic carbocycles. The molecule has 1 amide bonds. The van der Waals surface area contributed by atoms with Gasteiger partial charge in [0, 0.05) is 13.7 Å². The van der Waals surface area contributed by atoms with Gasteiger partial charge in [-0.2, -0.15) is 0 Å². The molecule has 110 valence electrons. The van der Waals surface area contributed by atoms with Crippen molar-refractivity contribution in [3.05, 3.63) is 0 Å². The molecule has 7 nitrogen and oxygen atoms in total. The summed E-state index contributed by atoms with van der Waals surface area (Å²) in [5.41, 5.74) is 0. The van der Waals surface area contributed by atoms with Crippen LogP contribution >= 0.6 is 0 Å². The van der Waals surface area contributed by atoms with Crippen LogP contribution in [0.5, 0.6) is 0 Å². The molecule has 0 aliphatic heterocycles. The molecule has 7 heteroatoms. The molecule has 0 aliphatic rings. The molecule has 0 radical (unpaired) electrons. The topological polar surface area (TPSA) is 104 Å². The molecule has 0 saturated carbocycles. The fourth-order valence-corrected chi connectivity index (χ4v) is 1.75. The maximum Gasteiger partial charge on any atom is 0.326 e. The van der Waals surface area contributed by atoms with Gasteiger partial charge in [0.25, 0.3) is 0 Å². The number of carboxylic acids is 2. The third-order valence-electron chi connectivity index (χ3n) is 2.93. The van der Waals surface area contributed by atoms with Crippen LogP contribution in [-0.4, -0.2) is 59.3 Å². The van der Waals surface area contributed by atoms with E-state index in [1.165, 1.54) is 7.11 Å². The summed E-state index contributed by atoms with van der Waals surface area (Å²) < 4.78 is 4.70. The summed E-state index contributed by atoms with van der Waals surface area (Å²) >= 11 is 0. The second kappa shape index (κ2) is 8.47. The second-order valence-electron chi connectivity index (χ2n) is 4.33. The van der Waals surface area contributed by atoms with E-state index < -0.39 is 23.9 Å². The molecule has 2 N–H and O–H groups in total. The number of ether oxygens (including phenoxy) is 1. The lowest BCUT2D eigenvalue weighted by molar-refractivity contribution is -0.155. The molecule has 0 saturated heterocycles. The van der Waals surface area contributed by atoms with E-state index in [-0.39, 0.29) is 25.5 Å². The highest BCUT2D eigenvalue weighted by molar-refractivity contribution is 5.85. The lowest BCUT2D eigenvalue weighted by atomic mass is 9.97. The maximum atomic E-state index is 11.9. The number of carboxylic acid groups (broad SMARTS) is 2. The first-order valence-corrected chi connectivity index (χ1v) is 6.08. The third kappa shape index (κ3) is 5.69. The molecule has 0 aromatic heterocycles. The van der Waals surface area contributed by atoms with Crippen molar-refractivity contribution in [3.63, 3.8) is 0 Å². The highest BCUT2D eigenvalue weighted by Gasteiger charge is 2.33. The van der Waals surface area contributed by atoms with Crippen molar-refractivity contribution in [2.24, 2.45) is 5.92 Å². The third-order valence-corrected chi connectivity index (χ3v) is 2.93. The van der Waals surface area contributed by atoms with Crippen LogP contribution in [-0.2, 0) is 19.1 Å². The molecular weight excluding hydrogens is 254 g/mol. The number of hydrogen-bond donors (Lipinski definition) is 2. The minimum Gasteiger partial charge on any atom is -0.481 e. The van der Waals surface area contributed by atoms with Gasteiger partial charge in [-0.25, -0.2) is 4.79 Å². The van der Waals surface area contributed by atoms with Crippen LogP contribution in [0.1, 0.15) is 26.7 Å². The van der Waals surface area contributed by atoms with E-state index in [0.29, 0.717) is 6.42 Å². The van der Waals surface area contributed by atoms with Crippen molar-refractivity contribution in [3.8, 4) is 0 Å². The average Bonchev–Trinajstić information content (AvgIpc) is 2.32. The largest absolute Gasteiger partial charge is 0.481 e. The highest BCUT2D eigenvalue weighted by Crippen LogP contribution is 2.16. The maximum absolute atomic E-state index is 11.9. The number of amides is 1. The lowest BCUT2D eigenvalue weighted by Gasteiger charge is -2.32. The van der Waals surface area contributed by atoms with Gasteiger partial charge in [0.05, 0.1) is 6.42 Å². The smallest absolute Gasteiger partial charge is 0.326 e. The van der Waals surface area contributed by atoms with E-state index in [4.69, 9.17) is 9.84 Å². The van der Waals surface area contributed by atoms with Crippen molar-refractivity contribution >= 4 is 17.8 Å². The Morgan fingerprint density at radius 1 is 1.26 bits per heavy atom. The summed E-state index contributed by atoms with van der Waals surface area (Å²) in [6, 6.07) is -1.04. The van der Waals surface area contributed by atoms with Crippen molar-refractivity contribution in [2.75, 3.05) is 20.3 Å². The number of nitrogens with zero attached hydrogens (tertiary/aromatic N) is 1. The Morgan fingerprint density at radius 3 is 2.21 bits per heavy atom. The van der Waals surface area contributed by atoms with Gasteiger partial charge in [0.15, 0.2) is 0 Å². The normalized spacial score (nSPS) is 13.6. The van der Waals surface area contributed by atoms with Crippen molar-refractivity contribution in [1.29, 1.82) is 0 Å². The van der Waals surface area contributed by atoms with E-state index in [2.05, 4.69) is 0 Å². The van der Waals surface area contributed by atoms with Gasteiger partial charge < -0.3 is 19.8 Å². The van der Waals surface area contributed by atoms with Gasteiger partial charge in [-0.3, -0.25) is 9.59 Å². The Hall–Kier alpha value is -1.63. The zero-order chi connectivity index (χ0) is 15.0. The van der Waals surface area contributed by atoms with Gasteiger partial charge in [0.1, 0.15) is 12.6 Å². The molecule has 0 aromatic rings. The Balaban J connectivity index is 5.08. The predicted octanol–water partition coefficient (Wildman–Crippen LogP) is 0.435. The Morgan fingerprint density at radius 2 is 1.84 bits per heavy atom. The molecule has 0 spiro atoms. The summed E-state index contributed by atoms with van der Waals surface area (Å²) in [7, 11) is 1.33. The van der Waals surface area contributed by atoms with Gasteiger partial charge >= 0.3 is 11.9 Å². The standard InChI is InChI=1S/C12H21NO6/c1-4-8(2)11(12(17)18)13(6-5-10(15)16)9(14)7-19-3/h8,11H,4-7H2,1-3H3,(H,15,16)(H,17,18). The monoisotopic (exact) mass is 275 g/mol. The molecule has 0 rings (SSSR count). The van der Waals surface area contributed by atoms with Crippen LogP contribution in [0.25, 0.3) is 0 Å². The molecular formula is C12H21NO6. The number of aliphatic carboxylic acids is 2. The van der Waals surface area contributed by atoms with Gasteiger partial charge in [-0.05, 0) is 5.92 Å². The van der Waals surface area contributed by atoms with Crippen LogP contribution in [0.4, 0.5) is 0 Å². The Labute approximate surface area is 112 Å². The van der Waals surface area contributed by atoms with Crippen LogP contribution < -0.4 is 0 Å². The van der Waals surface area contributed by atoms with E-state index in [1.807, 2.05) is 6.92 Å². The second-order valence-corrected chi connectivity index (χ2v) is 4.33. The van der Waals surface area contributed by atoms with Crippen molar-refractivity contribution in [1.82, 2.24) is 4.90 Å². The van der Waals surface area contributed by atoms with E-state index in [1.54, 1.807) is 6.92 Å². The van der Waals surface area contributed by atoms with Crippen LogP contribution in [0.3, 0.4) is 0 Å². The molecule has 0 aromatic carbocycles.